The molecule has 1 aliphatic heterocycles. The molecule has 0 fully saturated rings. The van der Waals surface area contributed by atoms with Gasteiger partial charge in [-0.05, 0) is 32.9 Å². The Bertz CT molecular complexity index is 966. The summed E-state index contributed by atoms with van der Waals surface area (Å²) in [6, 6.07) is 12.4. The number of hydrogen-bond donors (Lipinski definition) is 1. The number of amides is 2. The molecule has 0 bridgehead atoms. The topological polar surface area (TPSA) is 102 Å². The van der Waals surface area contributed by atoms with Crippen LogP contribution < -0.4 is 15.0 Å². The predicted molar refractivity (Wildman–Crippen MR) is 103 cm³/mol. The molecule has 1 aliphatic rings. The van der Waals surface area contributed by atoms with Gasteiger partial charge in [0, 0.05) is 24.2 Å². The van der Waals surface area contributed by atoms with Crippen LogP contribution in [0.2, 0.25) is 0 Å². The normalized spacial score (nSPS) is 18.6. The molecular weight excluding hydrogens is 362 g/mol. The summed E-state index contributed by atoms with van der Waals surface area (Å²) in [7, 11) is 1.54. The number of anilines is 1. The van der Waals surface area contributed by atoms with Crippen molar-refractivity contribution in [3.8, 4) is 5.75 Å². The van der Waals surface area contributed by atoms with E-state index < -0.39 is 27.9 Å². The van der Waals surface area contributed by atoms with E-state index in [4.69, 9.17) is 4.74 Å². The van der Waals surface area contributed by atoms with Crippen LogP contribution in [0.5, 0.6) is 5.75 Å². The zero-order valence-electron chi connectivity index (χ0n) is 16.1. The number of nitrogens with one attached hydrogen (secondary N) is 1. The molecule has 0 aromatic heterocycles. The highest BCUT2D eigenvalue weighted by molar-refractivity contribution is 6.20. The first-order valence-electron chi connectivity index (χ1n) is 8.70. The smallest absolute Gasteiger partial charge is 0.311 e. The van der Waals surface area contributed by atoms with Crippen LogP contribution in [0, 0.1) is 10.1 Å². The number of rotatable bonds is 4. The first-order chi connectivity index (χ1) is 13.1. The number of benzene rings is 2. The SMILES string of the molecule is CN1C(=O)C(Oc2ccccc2[N+](=O)[O-])(C(=O)NC(C)(C)C)c2ccccc21. The highest BCUT2D eigenvalue weighted by atomic mass is 16.6. The summed E-state index contributed by atoms with van der Waals surface area (Å²) in [6.07, 6.45) is 0. The molecule has 0 radical (unpaired) electrons. The number of ether oxygens (including phenoxy) is 1. The molecule has 8 nitrogen and oxygen atoms in total. The summed E-state index contributed by atoms with van der Waals surface area (Å²) in [4.78, 5) is 38.7. The first kappa shape index (κ1) is 19.3. The van der Waals surface area contributed by atoms with Gasteiger partial charge in [-0.1, -0.05) is 30.3 Å². The molecule has 146 valence electrons. The van der Waals surface area contributed by atoms with Crippen LogP contribution in [0.1, 0.15) is 26.3 Å². The number of hydrogen-bond acceptors (Lipinski definition) is 5. The molecule has 1 atom stereocenters. The van der Waals surface area contributed by atoms with Crippen molar-refractivity contribution in [1.29, 1.82) is 0 Å². The van der Waals surface area contributed by atoms with Crippen LogP contribution in [0.4, 0.5) is 11.4 Å². The highest BCUT2D eigenvalue weighted by Crippen LogP contribution is 2.44. The number of likely N-dealkylation sites (N-methyl/N-ethyl adjacent to an activating group) is 1. The molecule has 28 heavy (non-hydrogen) atoms. The molecule has 0 saturated carbocycles. The second kappa shape index (κ2) is 6.63. The van der Waals surface area contributed by atoms with Gasteiger partial charge >= 0.3 is 5.69 Å². The number of fused-ring (bicyclic) bond motifs is 1. The molecule has 1 N–H and O–H groups in total. The van der Waals surface area contributed by atoms with Crippen LogP contribution in [-0.2, 0) is 15.2 Å². The van der Waals surface area contributed by atoms with Gasteiger partial charge in [0.1, 0.15) is 0 Å². The minimum Gasteiger partial charge on any atom is -0.455 e. The second-order valence-corrected chi connectivity index (χ2v) is 7.59. The van der Waals surface area contributed by atoms with E-state index >= 15 is 0 Å². The Morgan fingerprint density at radius 2 is 1.75 bits per heavy atom. The molecule has 1 heterocycles. The molecule has 0 saturated heterocycles. The van der Waals surface area contributed by atoms with Crippen LogP contribution in [0.3, 0.4) is 0 Å². The fourth-order valence-corrected chi connectivity index (χ4v) is 3.18. The molecule has 0 aliphatic carbocycles. The molecule has 2 aromatic carbocycles. The fourth-order valence-electron chi connectivity index (χ4n) is 3.18. The summed E-state index contributed by atoms with van der Waals surface area (Å²) in [5.74, 6) is -1.46. The Morgan fingerprint density at radius 1 is 1.14 bits per heavy atom. The summed E-state index contributed by atoms with van der Waals surface area (Å²) in [5, 5.41) is 14.2. The van der Waals surface area contributed by atoms with Gasteiger partial charge in [-0.3, -0.25) is 19.7 Å². The van der Waals surface area contributed by atoms with E-state index in [9.17, 15) is 19.7 Å². The molecule has 0 spiro atoms. The van der Waals surface area contributed by atoms with Gasteiger partial charge in [-0.15, -0.1) is 0 Å². The van der Waals surface area contributed by atoms with Crippen molar-refractivity contribution in [3.63, 3.8) is 0 Å². The van der Waals surface area contributed by atoms with Crippen LogP contribution in [0.25, 0.3) is 0 Å². The summed E-state index contributed by atoms with van der Waals surface area (Å²) >= 11 is 0. The van der Waals surface area contributed by atoms with Crippen LogP contribution >= 0.6 is 0 Å². The quantitative estimate of drug-likeness (QED) is 0.497. The van der Waals surface area contributed by atoms with E-state index in [0.717, 1.165) is 0 Å². The van der Waals surface area contributed by atoms with Crippen molar-refractivity contribution in [3.05, 3.63) is 64.2 Å². The first-order valence-corrected chi connectivity index (χ1v) is 8.70. The van der Waals surface area contributed by atoms with Gasteiger partial charge in [-0.2, -0.15) is 0 Å². The van der Waals surface area contributed by atoms with Gasteiger partial charge < -0.3 is 15.0 Å². The van der Waals surface area contributed by atoms with E-state index in [1.54, 1.807) is 51.1 Å². The molecule has 2 amide bonds. The third kappa shape index (κ3) is 3.06. The van der Waals surface area contributed by atoms with Crippen molar-refractivity contribution in [2.45, 2.75) is 31.9 Å². The van der Waals surface area contributed by atoms with E-state index in [1.807, 2.05) is 0 Å². The zero-order chi connectivity index (χ0) is 20.7. The third-order valence-corrected chi connectivity index (χ3v) is 4.38. The standard InChI is InChI=1S/C20H21N3O5/c1-19(2,3)21-17(24)20(28-16-12-8-7-11-15(16)23(26)27)13-9-5-6-10-14(13)22(4)18(20)25/h5-12H,1-4H3,(H,21,24). The Labute approximate surface area is 162 Å². The summed E-state index contributed by atoms with van der Waals surface area (Å²) in [6.45, 7) is 5.33. The Hall–Kier alpha value is -3.42. The van der Waals surface area contributed by atoms with Crippen LogP contribution in [0.15, 0.2) is 48.5 Å². The van der Waals surface area contributed by atoms with Crippen LogP contribution in [-0.4, -0.2) is 29.3 Å². The van der Waals surface area contributed by atoms with Gasteiger partial charge in [-0.25, -0.2) is 0 Å². The Balaban J connectivity index is 2.22. The summed E-state index contributed by atoms with van der Waals surface area (Å²) < 4.78 is 5.93. The maximum Gasteiger partial charge on any atom is 0.311 e. The van der Waals surface area contributed by atoms with E-state index in [0.29, 0.717) is 11.3 Å². The lowest BCUT2D eigenvalue weighted by Crippen LogP contribution is -2.58. The number of nitro groups is 1. The van der Waals surface area contributed by atoms with Crippen molar-refractivity contribution >= 4 is 23.2 Å². The minimum atomic E-state index is -2.06. The maximum atomic E-state index is 13.3. The third-order valence-electron chi connectivity index (χ3n) is 4.38. The number of para-hydroxylation sites is 3. The van der Waals surface area contributed by atoms with Gasteiger partial charge in [0.2, 0.25) is 0 Å². The lowest BCUT2D eigenvalue weighted by atomic mass is 9.92. The van der Waals surface area contributed by atoms with Gasteiger partial charge in [0.15, 0.2) is 5.75 Å². The second-order valence-electron chi connectivity index (χ2n) is 7.59. The molecule has 2 aromatic rings. The fraction of sp³-hybridized carbons (Fsp3) is 0.300. The van der Waals surface area contributed by atoms with Crippen molar-refractivity contribution in [1.82, 2.24) is 5.32 Å². The number of nitrogens with zero attached hydrogens (tertiary/aromatic N) is 2. The number of carbonyl (C=O) groups is 2. The van der Waals surface area contributed by atoms with E-state index in [1.165, 1.54) is 30.1 Å². The largest absolute Gasteiger partial charge is 0.455 e. The van der Waals surface area contributed by atoms with E-state index in [-0.39, 0.29) is 11.4 Å². The van der Waals surface area contributed by atoms with Crippen molar-refractivity contribution < 1.29 is 19.2 Å². The molecule has 3 rings (SSSR count). The van der Waals surface area contributed by atoms with E-state index in [2.05, 4.69) is 5.32 Å². The minimum absolute atomic E-state index is 0.157. The lowest BCUT2D eigenvalue weighted by Gasteiger charge is -2.31. The monoisotopic (exact) mass is 383 g/mol. The molecular formula is C20H21N3O5. The van der Waals surface area contributed by atoms with Crippen molar-refractivity contribution in [2.24, 2.45) is 0 Å². The van der Waals surface area contributed by atoms with Crippen molar-refractivity contribution in [2.75, 3.05) is 11.9 Å². The average molecular weight is 383 g/mol. The van der Waals surface area contributed by atoms with Gasteiger partial charge in [0.05, 0.1) is 10.6 Å². The number of carbonyl (C=O) groups excluding carboxylic acids is 2. The summed E-state index contributed by atoms with van der Waals surface area (Å²) in [5.41, 5.74) is -2.19. The molecule has 1 unspecified atom stereocenters. The Kier molecular flexibility index (Phi) is 4.58. The zero-order valence-corrected chi connectivity index (χ0v) is 16.1. The highest BCUT2D eigenvalue weighted by Gasteiger charge is 2.59. The van der Waals surface area contributed by atoms with Gasteiger partial charge in [0.25, 0.3) is 17.4 Å². The predicted octanol–water partition coefficient (Wildman–Crippen LogP) is 2.76. The lowest BCUT2D eigenvalue weighted by molar-refractivity contribution is -0.386. The Morgan fingerprint density at radius 3 is 2.39 bits per heavy atom. The maximum absolute atomic E-state index is 13.3. The average Bonchev–Trinajstić information content (AvgIpc) is 2.84. The molecule has 8 heteroatoms. The number of nitro benzene ring substituents is 1.